The number of aliphatic hydroxyl groups excluding tert-OH is 1. The van der Waals surface area contributed by atoms with Gasteiger partial charge in [0.2, 0.25) is 10.0 Å². The molecule has 1 rings (SSSR count). The Morgan fingerprint density at radius 3 is 2.48 bits per heavy atom. The summed E-state index contributed by atoms with van der Waals surface area (Å²) in [5, 5.41) is 17.8. The zero-order chi connectivity index (χ0) is 16.0. The number of aliphatic hydroxyl groups is 1. The van der Waals surface area contributed by atoms with Crippen LogP contribution in [0.2, 0.25) is 0 Å². The van der Waals surface area contributed by atoms with Gasteiger partial charge in [0.05, 0.1) is 0 Å². The minimum Gasteiger partial charge on any atom is -0.477 e. The fourth-order valence-electron chi connectivity index (χ4n) is 1.99. The minimum atomic E-state index is -3.68. The van der Waals surface area contributed by atoms with Crippen LogP contribution < -0.4 is 0 Å². The summed E-state index contributed by atoms with van der Waals surface area (Å²) in [5.41, 5.74) is -0.0373. The molecule has 1 aromatic heterocycles. The van der Waals surface area contributed by atoms with E-state index in [0.29, 0.717) is 25.9 Å². The molecule has 1 heterocycles. The quantitative estimate of drug-likeness (QED) is 0.661. The van der Waals surface area contributed by atoms with Crippen LogP contribution in [0.1, 0.15) is 36.7 Å². The number of unbranched alkanes of at least 4 members (excludes halogenated alkanes) is 2. The highest BCUT2D eigenvalue weighted by Gasteiger charge is 2.24. The molecule has 0 amide bonds. The van der Waals surface area contributed by atoms with Gasteiger partial charge in [-0.3, -0.25) is 0 Å². The third-order valence-electron chi connectivity index (χ3n) is 3.27. The van der Waals surface area contributed by atoms with Gasteiger partial charge in [-0.15, -0.1) is 0 Å². The smallest absolute Gasteiger partial charge is 0.352 e. The van der Waals surface area contributed by atoms with Crippen molar-refractivity contribution >= 4 is 16.0 Å². The fraction of sp³-hybridized carbons (Fsp3) is 0.615. The number of aryl methyl sites for hydroxylation is 1. The van der Waals surface area contributed by atoms with Gasteiger partial charge in [0, 0.05) is 32.9 Å². The predicted octanol–water partition coefficient (Wildman–Crippen LogP) is 0.989. The van der Waals surface area contributed by atoms with Crippen LogP contribution in [-0.4, -0.2) is 53.7 Å². The van der Waals surface area contributed by atoms with Gasteiger partial charge in [0.25, 0.3) is 0 Å². The Morgan fingerprint density at radius 2 is 2.00 bits per heavy atom. The van der Waals surface area contributed by atoms with Gasteiger partial charge in [-0.1, -0.05) is 0 Å². The maximum atomic E-state index is 12.4. The van der Waals surface area contributed by atoms with Crippen molar-refractivity contribution in [2.24, 2.45) is 0 Å². The number of sulfonamides is 1. The summed E-state index contributed by atoms with van der Waals surface area (Å²) in [4.78, 5) is 11.1. The number of carboxylic acid groups (broad SMARTS) is 1. The molecule has 0 bridgehead atoms. The molecule has 2 N–H and O–H groups in total. The normalized spacial score (nSPS) is 12.0. The molecule has 0 aromatic carbocycles. The van der Waals surface area contributed by atoms with Crippen molar-refractivity contribution in [2.45, 2.75) is 37.6 Å². The Bertz CT molecular complexity index is 579. The van der Waals surface area contributed by atoms with Gasteiger partial charge < -0.3 is 14.8 Å². The lowest BCUT2D eigenvalue weighted by atomic mass is 10.2. The molecule has 0 aliphatic rings. The second-order valence-corrected chi connectivity index (χ2v) is 6.81. The van der Waals surface area contributed by atoms with Crippen LogP contribution in [0.5, 0.6) is 0 Å². The molecule has 0 unspecified atom stereocenters. The highest BCUT2D eigenvalue weighted by molar-refractivity contribution is 7.89. The lowest BCUT2D eigenvalue weighted by Crippen LogP contribution is -2.27. The van der Waals surface area contributed by atoms with Crippen LogP contribution in [-0.2, 0) is 16.6 Å². The summed E-state index contributed by atoms with van der Waals surface area (Å²) in [6.07, 6.45) is 3.38. The lowest BCUT2D eigenvalue weighted by Gasteiger charge is -2.15. The standard InChI is InChI=1S/C13H22N2O5S/c1-3-15-10-11(9-12(15)13(17)18)21(19,20)14(2)7-5-4-6-8-16/h9-10,16H,3-8H2,1-2H3,(H,17,18). The predicted molar refractivity (Wildman–Crippen MR) is 77.8 cm³/mol. The number of aromatic nitrogens is 1. The molecule has 1 aromatic rings. The summed E-state index contributed by atoms with van der Waals surface area (Å²) >= 11 is 0. The minimum absolute atomic E-state index is 0.00796. The molecular weight excluding hydrogens is 296 g/mol. The molecule has 8 heteroatoms. The van der Waals surface area contributed by atoms with E-state index in [-0.39, 0.29) is 17.2 Å². The highest BCUT2D eigenvalue weighted by Crippen LogP contribution is 2.19. The van der Waals surface area contributed by atoms with E-state index in [9.17, 15) is 13.2 Å². The molecule has 7 nitrogen and oxygen atoms in total. The molecule has 21 heavy (non-hydrogen) atoms. The third-order valence-corrected chi connectivity index (χ3v) is 5.09. The molecule has 0 atom stereocenters. The van der Waals surface area contributed by atoms with E-state index in [4.69, 9.17) is 10.2 Å². The average Bonchev–Trinajstić information content (AvgIpc) is 2.88. The zero-order valence-electron chi connectivity index (χ0n) is 12.3. The van der Waals surface area contributed by atoms with Crippen molar-refractivity contribution in [2.75, 3.05) is 20.2 Å². The number of carboxylic acids is 1. The van der Waals surface area contributed by atoms with E-state index in [1.165, 1.54) is 28.2 Å². The van der Waals surface area contributed by atoms with Crippen molar-refractivity contribution in [1.29, 1.82) is 0 Å². The van der Waals surface area contributed by atoms with Gasteiger partial charge in [-0.2, -0.15) is 0 Å². The van der Waals surface area contributed by atoms with Crippen molar-refractivity contribution in [3.05, 3.63) is 18.0 Å². The van der Waals surface area contributed by atoms with Gasteiger partial charge in [-0.25, -0.2) is 17.5 Å². The monoisotopic (exact) mass is 318 g/mol. The first kappa shape index (κ1) is 17.7. The number of nitrogens with zero attached hydrogens (tertiary/aromatic N) is 2. The first-order valence-electron chi connectivity index (χ1n) is 6.85. The van der Waals surface area contributed by atoms with Crippen LogP contribution in [0.3, 0.4) is 0 Å². The Morgan fingerprint density at radius 1 is 1.33 bits per heavy atom. The Labute approximate surface area is 124 Å². The first-order chi connectivity index (χ1) is 9.84. The molecule has 0 aliphatic carbocycles. The van der Waals surface area contributed by atoms with E-state index in [2.05, 4.69) is 0 Å². The summed E-state index contributed by atoms with van der Waals surface area (Å²) in [5.74, 6) is -1.15. The number of hydrogen-bond donors (Lipinski definition) is 2. The lowest BCUT2D eigenvalue weighted by molar-refractivity contribution is 0.0685. The van der Waals surface area contributed by atoms with Gasteiger partial charge in [-0.05, 0) is 32.3 Å². The van der Waals surface area contributed by atoms with E-state index in [1.807, 2.05) is 0 Å². The molecule has 0 radical (unpaired) electrons. The first-order valence-corrected chi connectivity index (χ1v) is 8.29. The van der Waals surface area contributed by atoms with Gasteiger partial charge >= 0.3 is 5.97 Å². The molecular formula is C13H22N2O5S. The van der Waals surface area contributed by atoms with E-state index < -0.39 is 16.0 Å². The van der Waals surface area contributed by atoms with Crippen molar-refractivity contribution in [1.82, 2.24) is 8.87 Å². The molecule has 0 aliphatic heterocycles. The molecule has 0 spiro atoms. The van der Waals surface area contributed by atoms with E-state index >= 15 is 0 Å². The Balaban J connectivity index is 2.89. The second-order valence-electron chi connectivity index (χ2n) is 4.76. The summed E-state index contributed by atoms with van der Waals surface area (Å²) in [6, 6.07) is 1.19. The van der Waals surface area contributed by atoms with Crippen LogP contribution >= 0.6 is 0 Å². The third kappa shape index (κ3) is 4.29. The van der Waals surface area contributed by atoms with Crippen LogP contribution in [0, 0.1) is 0 Å². The summed E-state index contributed by atoms with van der Waals surface area (Å²) < 4.78 is 27.4. The van der Waals surface area contributed by atoms with Gasteiger partial charge in [0.15, 0.2) is 0 Å². The maximum Gasteiger partial charge on any atom is 0.352 e. The number of hydrogen-bond acceptors (Lipinski definition) is 4. The van der Waals surface area contributed by atoms with E-state index in [1.54, 1.807) is 6.92 Å². The largest absolute Gasteiger partial charge is 0.477 e. The molecule has 120 valence electrons. The second kappa shape index (κ2) is 7.58. The van der Waals surface area contributed by atoms with Crippen molar-refractivity contribution < 1.29 is 23.4 Å². The molecule has 0 saturated carbocycles. The van der Waals surface area contributed by atoms with Crippen LogP contribution in [0.4, 0.5) is 0 Å². The SMILES string of the molecule is CCn1cc(S(=O)(=O)N(C)CCCCCO)cc1C(=O)O. The van der Waals surface area contributed by atoms with E-state index in [0.717, 1.165) is 6.42 Å². The molecule has 0 fully saturated rings. The highest BCUT2D eigenvalue weighted by atomic mass is 32.2. The topological polar surface area (TPSA) is 99.8 Å². The Kier molecular flexibility index (Phi) is 6.38. The van der Waals surface area contributed by atoms with Crippen LogP contribution in [0.25, 0.3) is 0 Å². The maximum absolute atomic E-state index is 12.4. The number of aromatic carboxylic acids is 1. The fourth-order valence-corrected chi connectivity index (χ4v) is 3.24. The number of rotatable bonds is 9. The Hall–Kier alpha value is -1.38. The van der Waals surface area contributed by atoms with Crippen LogP contribution in [0.15, 0.2) is 17.2 Å². The summed E-state index contributed by atoms with van der Waals surface area (Å²) in [6.45, 7) is 2.57. The zero-order valence-corrected chi connectivity index (χ0v) is 13.1. The van der Waals surface area contributed by atoms with Crippen molar-refractivity contribution in [3.63, 3.8) is 0 Å². The number of carbonyl (C=O) groups is 1. The summed E-state index contributed by atoms with van der Waals surface area (Å²) in [7, 11) is -2.21. The molecule has 0 saturated heterocycles. The van der Waals surface area contributed by atoms with Crippen molar-refractivity contribution in [3.8, 4) is 0 Å². The van der Waals surface area contributed by atoms with Gasteiger partial charge in [0.1, 0.15) is 10.6 Å². The average molecular weight is 318 g/mol.